The third kappa shape index (κ3) is 4.26. The normalized spacial score (nSPS) is 10.8. The number of halogens is 2. The van der Waals surface area contributed by atoms with Gasteiger partial charge in [0.2, 0.25) is 0 Å². The zero-order chi connectivity index (χ0) is 16.8. The number of nitrogens with one attached hydrogen (secondary N) is 1. The molecule has 23 heavy (non-hydrogen) atoms. The standard InChI is InChI=1S/C17H12Cl2N2O2/c1-23-16-7-6-13(18)9-11(16)8-12(10-20)17(22)21-15-5-3-2-4-14(15)19/h2-9H,1H3,(H,21,22)/b12-8+. The van der Waals surface area contributed by atoms with E-state index in [0.29, 0.717) is 27.0 Å². The molecule has 0 aliphatic heterocycles. The van der Waals surface area contributed by atoms with Crippen molar-refractivity contribution >= 4 is 40.9 Å². The van der Waals surface area contributed by atoms with Crippen LogP contribution in [-0.2, 0) is 4.79 Å². The van der Waals surface area contributed by atoms with E-state index < -0.39 is 5.91 Å². The van der Waals surface area contributed by atoms with Crippen molar-refractivity contribution in [2.24, 2.45) is 0 Å². The van der Waals surface area contributed by atoms with E-state index in [9.17, 15) is 10.1 Å². The number of nitrogens with zero attached hydrogens (tertiary/aromatic N) is 1. The molecule has 0 radical (unpaired) electrons. The number of benzene rings is 2. The summed E-state index contributed by atoms with van der Waals surface area (Å²) in [7, 11) is 1.50. The molecule has 0 saturated heterocycles. The number of ether oxygens (including phenoxy) is 1. The zero-order valence-electron chi connectivity index (χ0n) is 12.1. The molecule has 2 aromatic carbocycles. The van der Waals surface area contributed by atoms with Gasteiger partial charge in [-0.15, -0.1) is 0 Å². The molecular formula is C17H12Cl2N2O2. The van der Waals surface area contributed by atoms with Crippen molar-refractivity contribution < 1.29 is 9.53 Å². The van der Waals surface area contributed by atoms with E-state index in [2.05, 4.69) is 5.32 Å². The lowest BCUT2D eigenvalue weighted by Crippen LogP contribution is -2.13. The van der Waals surface area contributed by atoms with Crippen LogP contribution in [0.4, 0.5) is 5.69 Å². The Labute approximate surface area is 143 Å². The second-order valence-corrected chi connectivity index (χ2v) is 5.33. The Hall–Kier alpha value is -2.48. The summed E-state index contributed by atoms with van der Waals surface area (Å²) in [6, 6.07) is 13.6. The van der Waals surface area contributed by atoms with Crippen LogP contribution >= 0.6 is 23.2 Å². The maximum atomic E-state index is 12.3. The Bertz CT molecular complexity index is 810. The molecule has 116 valence electrons. The van der Waals surface area contributed by atoms with Gasteiger partial charge in [-0.1, -0.05) is 35.3 Å². The number of carbonyl (C=O) groups excluding carboxylic acids is 1. The smallest absolute Gasteiger partial charge is 0.266 e. The molecule has 0 aromatic heterocycles. The number of carbonyl (C=O) groups is 1. The second kappa shape index (κ2) is 7.68. The van der Waals surface area contributed by atoms with Crippen molar-refractivity contribution in [1.29, 1.82) is 5.26 Å². The van der Waals surface area contributed by atoms with E-state index in [4.69, 9.17) is 27.9 Å². The zero-order valence-corrected chi connectivity index (χ0v) is 13.7. The molecule has 0 saturated carbocycles. The maximum absolute atomic E-state index is 12.3. The van der Waals surface area contributed by atoms with Crippen molar-refractivity contribution in [2.75, 3.05) is 12.4 Å². The highest BCUT2D eigenvalue weighted by Gasteiger charge is 2.12. The summed E-state index contributed by atoms with van der Waals surface area (Å²) in [4.78, 5) is 12.3. The first kappa shape index (κ1) is 16.9. The largest absolute Gasteiger partial charge is 0.496 e. The Balaban J connectivity index is 2.33. The van der Waals surface area contributed by atoms with Crippen molar-refractivity contribution in [3.63, 3.8) is 0 Å². The van der Waals surface area contributed by atoms with Gasteiger partial charge in [-0.3, -0.25) is 4.79 Å². The SMILES string of the molecule is COc1ccc(Cl)cc1/C=C(\C#N)C(=O)Nc1ccccc1Cl. The molecule has 4 nitrogen and oxygen atoms in total. The predicted molar refractivity (Wildman–Crippen MR) is 91.7 cm³/mol. The molecule has 0 bridgehead atoms. The average Bonchev–Trinajstić information content (AvgIpc) is 2.54. The van der Waals surface area contributed by atoms with Crippen molar-refractivity contribution in [2.45, 2.75) is 0 Å². The highest BCUT2D eigenvalue weighted by molar-refractivity contribution is 6.34. The molecule has 0 aliphatic rings. The van der Waals surface area contributed by atoms with Gasteiger partial charge in [-0.2, -0.15) is 5.26 Å². The Morgan fingerprint density at radius 2 is 2.00 bits per heavy atom. The van der Waals surface area contributed by atoms with Crippen LogP contribution in [0.3, 0.4) is 0 Å². The quantitative estimate of drug-likeness (QED) is 0.652. The maximum Gasteiger partial charge on any atom is 0.266 e. The van der Waals surface area contributed by atoms with Crippen molar-refractivity contribution in [3.8, 4) is 11.8 Å². The number of hydrogen-bond donors (Lipinski definition) is 1. The summed E-state index contributed by atoms with van der Waals surface area (Å²) in [5.41, 5.74) is 0.870. The molecule has 6 heteroatoms. The molecule has 0 unspecified atom stereocenters. The summed E-state index contributed by atoms with van der Waals surface area (Å²) in [5, 5.41) is 12.7. The molecule has 1 N–H and O–H groups in total. The van der Waals surface area contributed by atoms with Crippen LogP contribution in [-0.4, -0.2) is 13.0 Å². The fourth-order valence-corrected chi connectivity index (χ4v) is 2.24. The number of hydrogen-bond acceptors (Lipinski definition) is 3. The molecular weight excluding hydrogens is 335 g/mol. The van der Waals surface area contributed by atoms with Gasteiger partial charge in [0.1, 0.15) is 17.4 Å². The van der Waals surface area contributed by atoms with E-state index in [1.807, 2.05) is 6.07 Å². The third-order valence-electron chi connectivity index (χ3n) is 2.98. The fourth-order valence-electron chi connectivity index (χ4n) is 1.87. The van der Waals surface area contributed by atoms with Crippen LogP contribution < -0.4 is 10.1 Å². The summed E-state index contributed by atoms with van der Waals surface area (Å²) >= 11 is 11.9. The van der Waals surface area contributed by atoms with E-state index in [1.54, 1.807) is 42.5 Å². The van der Waals surface area contributed by atoms with Gasteiger partial charge < -0.3 is 10.1 Å². The Kier molecular flexibility index (Phi) is 5.64. The Morgan fingerprint density at radius 1 is 1.26 bits per heavy atom. The lowest BCUT2D eigenvalue weighted by atomic mass is 10.1. The molecule has 0 atom stereocenters. The predicted octanol–water partition coefficient (Wildman–Crippen LogP) is 4.55. The lowest BCUT2D eigenvalue weighted by Gasteiger charge is -2.08. The first-order valence-electron chi connectivity index (χ1n) is 6.56. The summed E-state index contributed by atoms with van der Waals surface area (Å²) in [6.07, 6.45) is 1.41. The van der Waals surface area contributed by atoms with Crippen molar-refractivity contribution in [3.05, 3.63) is 63.6 Å². The minimum Gasteiger partial charge on any atom is -0.496 e. The van der Waals surface area contributed by atoms with Crippen LogP contribution in [0.25, 0.3) is 6.08 Å². The van der Waals surface area contributed by atoms with Gasteiger partial charge in [-0.25, -0.2) is 0 Å². The number of nitriles is 1. The van der Waals surface area contributed by atoms with Gasteiger partial charge in [0.15, 0.2) is 0 Å². The second-order valence-electron chi connectivity index (χ2n) is 4.49. The highest BCUT2D eigenvalue weighted by Crippen LogP contribution is 2.26. The summed E-state index contributed by atoms with van der Waals surface area (Å²) < 4.78 is 5.20. The molecule has 2 aromatic rings. The van der Waals surface area contributed by atoms with Crippen LogP contribution in [0, 0.1) is 11.3 Å². The monoisotopic (exact) mass is 346 g/mol. The molecule has 0 aliphatic carbocycles. The number of para-hydroxylation sites is 1. The molecule has 0 heterocycles. The van der Waals surface area contributed by atoms with Crippen molar-refractivity contribution in [1.82, 2.24) is 0 Å². The first-order valence-corrected chi connectivity index (χ1v) is 7.32. The van der Waals surface area contributed by atoms with Gasteiger partial charge in [0.25, 0.3) is 5.91 Å². The number of methoxy groups -OCH3 is 1. The van der Waals surface area contributed by atoms with E-state index in [0.717, 1.165) is 0 Å². The fraction of sp³-hybridized carbons (Fsp3) is 0.0588. The number of rotatable bonds is 4. The minimum absolute atomic E-state index is 0.0921. The third-order valence-corrected chi connectivity index (χ3v) is 3.54. The van der Waals surface area contributed by atoms with Crippen LogP contribution in [0.15, 0.2) is 48.0 Å². The Morgan fingerprint density at radius 3 is 2.65 bits per heavy atom. The average molecular weight is 347 g/mol. The molecule has 0 fully saturated rings. The van der Waals surface area contributed by atoms with Crippen LogP contribution in [0.2, 0.25) is 10.0 Å². The van der Waals surface area contributed by atoms with Crippen LogP contribution in [0.1, 0.15) is 5.56 Å². The van der Waals surface area contributed by atoms with E-state index in [1.165, 1.54) is 13.2 Å². The minimum atomic E-state index is -0.567. The van der Waals surface area contributed by atoms with E-state index >= 15 is 0 Å². The number of anilines is 1. The summed E-state index contributed by atoms with van der Waals surface area (Å²) in [5.74, 6) is -0.0599. The van der Waals surface area contributed by atoms with Gasteiger partial charge in [0, 0.05) is 10.6 Å². The topological polar surface area (TPSA) is 62.1 Å². The molecule has 0 spiro atoms. The molecule has 2 rings (SSSR count). The van der Waals surface area contributed by atoms with Gasteiger partial charge in [-0.05, 0) is 36.4 Å². The first-order chi connectivity index (χ1) is 11.0. The summed E-state index contributed by atoms with van der Waals surface area (Å²) in [6.45, 7) is 0. The lowest BCUT2D eigenvalue weighted by molar-refractivity contribution is -0.112. The van der Waals surface area contributed by atoms with Gasteiger partial charge >= 0.3 is 0 Å². The number of amides is 1. The van der Waals surface area contributed by atoms with E-state index in [-0.39, 0.29) is 5.57 Å². The van der Waals surface area contributed by atoms with Crippen LogP contribution in [0.5, 0.6) is 5.75 Å². The van der Waals surface area contributed by atoms with Gasteiger partial charge in [0.05, 0.1) is 17.8 Å². The molecule has 1 amide bonds. The highest BCUT2D eigenvalue weighted by atomic mass is 35.5.